The molecule has 1 aromatic heterocycles. The van der Waals surface area contributed by atoms with Crippen molar-refractivity contribution in [2.75, 3.05) is 13.6 Å². The van der Waals surface area contributed by atoms with Crippen molar-refractivity contribution < 1.29 is 4.79 Å². The van der Waals surface area contributed by atoms with E-state index in [2.05, 4.69) is 17.1 Å². The highest BCUT2D eigenvalue weighted by Gasteiger charge is 2.14. The summed E-state index contributed by atoms with van der Waals surface area (Å²) in [5.74, 6) is 0.292. The molecule has 0 saturated carbocycles. The van der Waals surface area contributed by atoms with E-state index >= 15 is 0 Å². The molecule has 3 nitrogen and oxygen atoms in total. The molecule has 1 fully saturated rings. The first-order valence-corrected chi connectivity index (χ1v) is 5.81. The molecule has 3 rings (SSSR count). The molecule has 88 valence electrons. The molecule has 0 radical (unpaired) electrons. The number of para-hydroxylation sites is 1. The number of nitrogens with zero attached hydrogens (tertiary/aromatic N) is 2. The van der Waals surface area contributed by atoms with Crippen LogP contribution in [0.25, 0.3) is 10.9 Å². The SMILES string of the molecule is CN1CCCC1=O.c1ccc2ncccc2c1. The van der Waals surface area contributed by atoms with Gasteiger partial charge in [0.25, 0.3) is 0 Å². The van der Waals surface area contributed by atoms with Gasteiger partial charge < -0.3 is 4.90 Å². The van der Waals surface area contributed by atoms with E-state index in [1.165, 1.54) is 5.39 Å². The summed E-state index contributed by atoms with van der Waals surface area (Å²) < 4.78 is 0. The Hall–Kier alpha value is -1.90. The third kappa shape index (κ3) is 3.03. The second-order valence-corrected chi connectivity index (χ2v) is 4.11. The predicted octanol–water partition coefficient (Wildman–Crippen LogP) is 2.47. The zero-order valence-corrected chi connectivity index (χ0v) is 9.97. The Kier molecular flexibility index (Phi) is 3.70. The molecule has 1 aliphatic heterocycles. The lowest BCUT2D eigenvalue weighted by atomic mass is 10.2. The van der Waals surface area contributed by atoms with E-state index in [9.17, 15) is 4.79 Å². The highest BCUT2D eigenvalue weighted by Crippen LogP contribution is 2.08. The molecule has 1 saturated heterocycles. The summed E-state index contributed by atoms with van der Waals surface area (Å²) >= 11 is 0. The Labute approximate surface area is 101 Å². The molecule has 0 spiro atoms. The molecule has 1 aromatic carbocycles. The number of fused-ring (bicyclic) bond motifs is 1. The van der Waals surface area contributed by atoms with E-state index in [-0.39, 0.29) is 0 Å². The van der Waals surface area contributed by atoms with Gasteiger partial charge >= 0.3 is 0 Å². The van der Waals surface area contributed by atoms with E-state index in [4.69, 9.17) is 0 Å². The van der Waals surface area contributed by atoms with Gasteiger partial charge in [-0.15, -0.1) is 0 Å². The smallest absolute Gasteiger partial charge is 0.222 e. The normalized spacial score (nSPS) is 14.6. The van der Waals surface area contributed by atoms with E-state index in [0.29, 0.717) is 5.91 Å². The van der Waals surface area contributed by atoms with Gasteiger partial charge in [0.1, 0.15) is 0 Å². The molecular formula is C14H16N2O. The van der Waals surface area contributed by atoms with Gasteiger partial charge in [0.05, 0.1) is 5.52 Å². The highest BCUT2D eigenvalue weighted by molar-refractivity contribution is 5.78. The molecular weight excluding hydrogens is 212 g/mol. The lowest BCUT2D eigenvalue weighted by molar-refractivity contribution is -0.126. The van der Waals surface area contributed by atoms with Crippen LogP contribution in [0.1, 0.15) is 12.8 Å². The average molecular weight is 228 g/mol. The molecule has 0 bridgehead atoms. The monoisotopic (exact) mass is 228 g/mol. The minimum atomic E-state index is 0.292. The number of hydrogen-bond donors (Lipinski definition) is 0. The molecule has 0 unspecified atom stereocenters. The van der Waals surface area contributed by atoms with E-state index in [1.807, 2.05) is 37.5 Å². The first-order chi connectivity index (χ1) is 8.27. The largest absolute Gasteiger partial charge is 0.346 e. The van der Waals surface area contributed by atoms with Gasteiger partial charge in [0.2, 0.25) is 5.91 Å². The molecule has 0 atom stereocenters. The van der Waals surface area contributed by atoms with E-state index < -0.39 is 0 Å². The van der Waals surface area contributed by atoms with Crippen LogP contribution >= 0.6 is 0 Å². The molecule has 2 aromatic rings. The van der Waals surface area contributed by atoms with Crippen LogP contribution in [0.15, 0.2) is 42.6 Å². The summed E-state index contributed by atoms with van der Waals surface area (Å²) in [4.78, 5) is 16.4. The third-order valence-corrected chi connectivity index (χ3v) is 2.82. The van der Waals surface area contributed by atoms with Crippen LogP contribution in [0.4, 0.5) is 0 Å². The first kappa shape index (κ1) is 11.6. The maximum absolute atomic E-state index is 10.5. The number of carbonyl (C=O) groups is 1. The van der Waals surface area contributed by atoms with E-state index in [0.717, 1.165) is 24.9 Å². The van der Waals surface area contributed by atoms with Gasteiger partial charge in [0, 0.05) is 31.6 Å². The standard InChI is InChI=1S/C9H7N.C5H9NO/c1-2-6-9-8(4-1)5-3-7-10-9;1-6-4-2-3-5(6)7/h1-7H;2-4H2,1H3. The minimum absolute atomic E-state index is 0.292. The number of benzene rings is 1. The van der Waals surface area contributed by atoms with Crippen molar-refractivity contribution in [2.24, 2.45) is 0 Å². The second kappa shape index (κ2) is 5.43. The maximum atomic E-state index is 10.5. The fourth-order valence-corrected chi connectivity index (χ4v) is 1.80. The summed E-state index contributed by atoms with van der Waals surface area (Å²) in [6.07, 6.45) is 3.62. The van der Waals surface area contributed by atoms with Crippen molar-refractivity contribution in [1.82, 2.24) is 9.88 Å². The predicted molar refractivity (Wildman–Crippen MR) is 68.6 cm³/mol. The van der Waals surface area contributed by atoms with Crippen molar-refractivity contribution in [3.05, 3.63) is 42.6 Å². The highest BCUT2D eigenvalue weighted by atomic mass is 16.2. The van der Waals surface area contributed by atoms with Gasteiger partial charge in [-0.2, -0.15) is 0 Å². The Morgan fingerprint density at radius 3 is 2.53 bits per heavy atom. The Bertz CT molecular complexity index is 445. The number of hydrogen-bond acceptors (Lipinski definition) is 2. The van der Waals surface area contributed by atoms with Crippen LogP contribution in [-0.2, 0) is 4.79 Å². The summed E-state index contributed by atoms with van der Waals surface area (Å²) in [6, 6.07) is 12.1. The summed E-state index contributed by atoms with van der Waals surface area (Å²) in [7, 11) is 1.84. The molecule has 1 aliphatic rings. The fraction of sp³-hybridized carbons (Fsp3) is 0.286. The van der Waals surface area contributed by atoms with Crippen LogP contribution < -0.4 is 0 Å². The molecule has 0 N–H and O–H groups in total. The Morgan fingerprint density at radius 1 is 1.18 bits per heavy atom. The maximum Gasteiger partial charge on any atom is 0.222 e. The Balaban J connectivity index is 0.000000136. The van der Waals surface area contributed by atoms with Gasteiger partial charge in [-0.05, 0) is 18.6 Å². The van der Waals surface area contributed by atoms with Crippen molar-refractivity contribution >= 4 is 16.8 Å². The average Bonchev–Trinajstić information content (AvgIpc) is 2.75. The van der Waals surface area contributed by atoms with Crippen molar-refractivity contribution in [3.63, 3.8) is 0 Å². The van der Waals surface area contributed by atoms with Crippen molar-refractivity contribution in [2.45, 2.75) is 12.8 Å². The van der Waals surface area contributed by atoms with Crippen LogP contribution in [-0.4, -0.2) is 29.4 Å². The van der Waals surface area contributed by atoms with Crippen LogP contribution in [0.5, 0.6) is 0 Å². The van der Waals surface area contributed by atoms with E-state index in [1.54, 1.807) is 4.90 Å². The first-order valence-electron chi connectivity index (χ1n) is 5.81. The lowest BCUT2D eigenvalue weighted by Gasteiger charge is -2.03. The van der Waals surface area contributed by atoms with Gasteiger partial charge in [-0.3, -0.25) is 9.78 Å². The van der Waals surface area contributed by atoms with Gasteiger partial charge in [-0.25, -0.2) is 0 Å². The molecule has 1 amide bonds. The number of aromatic nitrogens is 1. The zero-order chi connectivity index (χ0) is 12.1. The topological polar surface area (TPSA) is 33.2 Å². The summed E-state index contributed by atoms with van der Waals surface area (Å²) in [5, 5.41) is 1.20. The quantitative estimate of drug-likeness (QED) is 0.694. The number of rotatable bonds is 0. The minimum Gasteiger partial charge on any atom is -0.346 e. The number of likely N-dealkylation sites (tertiary alicyclic amines) is 1. The number of carbonyl (C=O) groups excluding carboxylic acids is 1. The summed E-state index contributed by atoms with van der Waals surface area (Å²) in [5.41, 5.74) is 1.06. The van der Waals surface area contributed by atoms with Gasteiger partial charge in [0.15, 0.2) is 0 Å². The number of pyridine rings is 1. The van der Waals surface area contributed by atoms with Crippen molar-refractivity contribution in [3.8, 4) is 0 Å². The van der Waals surface area contributed by atoms with Crippen LogP contribution in [0.3, 0.4) is 0 Å². The van der Waals surface area contributed by atoms with Gasteiger partial charge in [-0.1, -0.05) is 24.3 Å². The molecule has 17 heavy (non-hydrogen) atoms. The summed E-state index contributed by atoms with van der Waals surface area (Å²) in [6.45, 7) is 0.957. The van der Waals surface area contributed by atoms with Crippen LogP contribution in [0.2, 0.25) is 0 Å². The zero-order valence-electron chi connectivity index (χ0n) is 9.97. The fourth-order valence-electron chi connectivity index (χ4n) is 1.80. The lowest BCUT2D eigenvalue weighted by Crippen LogP contribution is -2.17. The second-order valence-electron chi connectivity index (χ2n) is 4.11. The van der Waals surface area contributed by atoms with Crippen LogP contribution in [0, 0.1) is 0 Å². The number of amides is 1. The third-order valence-electron chi connectivity index (χ3n) is 2.82. The molecule has 0 aliphatic carbocycles. The van der Waals surface area contributed by atoms with Crippen molar-refractivity contribution in [1.29, 1.82) is 0 Å². The molecule has 3 heteroatoms. The molecule has 2 heterocycles. The Morgan fingerprint density at radius 2 is 1.94 bits per heavy atom.